The molecule has 1 saturated heterocycles. The molecule has 2 atom stereocenters. The van der Waals surface area contributed by atoms with Crippen molar-refractivity contribution in [3.8, 4) is 0 Å². The molecule has 1 aliphatic heterocycles. The molecule has 1 aliphatic rings. The SMILES string of the molecule is CN(C(=O)Cc1ccc(Cl)c(Cl)c1)C(CN1CCC(NC(N)=O)C1)c1ccncc1. The fraction of sp³-hybridized carbons (Fsp3) is 0.381. The number of urea groups is 1. The Balaban J connectivity index is 1.72. The Morgan fingerprint density at radius 3 is 2.67 bits per heavy atom. The number of likely N-dealkylation sites (tertiary alicyclic amines) is 1. The molecule has 3 amide bonds. The van der Waals surface area contributed by atoms with E-state index >= 15 is 0 Å². The first-order valence-electron chi connectivity index (χ1n) is 9.71. The summed E-state index contributed by atoms with van der Waals surface area (Å²) in [4.78, 5) is 32.3. The normalized spacial score (nSPS) is 17.5. The van der Waals surface area contributed by atoms with Gasteiger partial charge in [0.15, 0.2) is 0 Å². The fourth-order valence-corrected chi connectivity index (χ4v) is 4.04. The quantitative estimate of drug-likeness (QED) is 0.679. The van der Waals surface area contributed by atoms with Gasteiger partial charge in [0.1, 0.15) is 0 Å². The van der Waals surface area contributed by atoms with Crippen LogP contribution in [0.5, 0.6) is 0 Å². The van der Waals surface area contributed by atoms with E-state index in [-0.39, 0.29) is 24.4 Å². The van der Waals surface area contributed by atoms with Crippen molar-refractivity contribution in [3.63, 3.8) is 0 Å². The summed E-state index contributed by atoms with van der Waals surface area (Å²) in [6, 6.07) is 8.42. The van der Waals surface area contributed by atoms with E-state index in [4.69, 9.17) is 28.9 Å². The van der Waals surface area contributed by atoms with Crippen molar-refractivity contribution in [2.75, 3.05) is 26.7 Å². The lowest BCUT2D eigenvalue weighted by molar-refractivity contribution is -0.131. The van der Waals surface area contributed by atoms with E-state index in [1.807, 2.05) is 18.2 Å². The third-order valence-electron chi connectivity index (χ3n) is 5.34. The van der Waals surface area contributed by atoms with Gasteiger partial charge in [-0.1, -0.05) is 29.3 Å². The Labute approximate surface area is 186 Å². The summed E-state index contributed by atoms with van der Waals surface area (Å²) in [6.07, 6.45) is 4.50. The van der Waals surface area contributed by atoms with Gasteiger partial charge in [-0.2, -0.15) is 0 Å². The van der Waals surface area contributed by atoms with Gasteiger partial charge in [0, 0.05) is 45.1 Å². The van der Waals surface area contributed by atoms with E-state index in [2.05, 4.69) is 15.2 Å². The van der Waals surface area contributed by atoms with E-state index in [0.717, 1.165) is 24.1 Å². The number of primary amides is 1. The topological polar surface area (TPSA) is 91.6 Å². The Morgan fingerprint density at radius 1 is 1.27 bits per heavy atom. The van der Waals surface area contributed by atoms with Crippen molar-refractivity contribution in [1.82, 2.24) is 20.1 Å². The summed E-state index contributed by atoms with van der Waals surface area (Å²) < 4.78 is 0. The van der Waals surface area contributed by atoms with Crippen LogP contribution in [-0.4, -0.2) is 59.4 Å². The summed E-state index contributed by atoms with van der Waals surface area (Å²) >= 11 is 12.1. The molecule has 1 fully saturated rings. The van der Waals surface area contributed by atoms with Gasteiger partial charge in [-0.05, 0) is 41.8 Å². The predicted octanol–water partition coefficient (Wildman–Crippen LogP) is 2.87. The first kappa shape index (κ1) is 22.3. The summed E-state index contributed by atoms with van der Waals surface area (Å²) in [7, 11) is 1.81. The summed E-state index contributed by atoms with van der Waals surface area (Å²) in [5.41, 5.74) is 7.05. The number of pyridine rings is 1. The summed E-state index contributed by atoms with van der Waals surface area (Å²) in [5.74, 6) is -0.0267. The van der Waals surface area contributed by atoms with Gasteiger partial charge in [0.2, 0.25) is 5.91 Å². The molecule has 160 valence electrons. The second-order valence-corrected chi connectivity index (χ2v) is 8.29. The molecular formula is C21H25Cl2N5O2. The second kappa shape index (κ2) is 10.1. The van der Waals surface area contributed by atoms with Crippen LogP contribution in [0.4, 0.5) is 4.79 Å². The molecule has 7 nitrogen and oxygen atoms in total. The summed E-state index contributed by atoms with van der Waals surface area (Å²) in [5, 5.41) is 3.66. The minimum absolute atomic E-state index is 0.0257. The lowest BCUT2D eigenvalue weighted by Crippen LogP contribution is -2.42. The monoisotopic (exact) mass is 449 g/mol. The Morgan fingerprint density at radius 2 is 2.00 bits per heavy atom. The molecule has 30 heavy (non-hydrogen) atoms. The number of nitrogens with zero attached hydrogens (tertiary/aromatic N) is 3. The number of benzene rings is 1. The Kier molecular flexibility index (Phi) is 7.53. The lowest BCUT2D eigenvalue weighted by atomic mass is 10.0. The van der Waals surface area contributed by atoms with Crippen molar-refractivity contribution >= 4 is 35.1 Å². The average molecular weight is 450 g/mol. The zero-order valence-corrected chi connectivity index (χ0v) is 18.2. The van der Waals surface area contributed by atoms with Crippen LogP contribution in [0.3, 0.4) is 0 Å². The lowest BCUT2D eigenvalue weighted by Gasteiger charge is -2.32. The molecule has 0 spiro atoms. The number of carbonyl (C=O) groups excluding carboxylic acids is 2. The highest BCUT2D eigenvalue weighted by molar-refractivity contribution is 6.42. The van der Waals surface area contributed by atoms with Crippen molar-refractivity contribution < 1.29 is 9.59 Å². The third-order valence-corrected chi connectivity index (χ3v) is 6.08. The number of nitrogens with one attached hydrogen (secondary N) is 1. The largest absolute Gasteiger partial charge is 0.352 e. The van der Waals surface area contributed by atoms with Crippen LogP contribution in [0, 0.1) is 0 Å². The molecule has 1 aromatic carbocycles. The number of aromatic nitrogens is 1. The second-order valence-electron chi connectivity index (χ2n) is 7.48. The maximum Gasteiger partial charge on any atom is 0.312 e. The minimum atomic E-state index is -0.513. The highest BCUT2D eigenvalue weighted by atomic mass is 35.5. The smallest absolute Gasteiger partial charge is 0.312 e. The number of hydrogen-bond donors (Lipinski definition) is 2. The van der Waals surface area contributed by atoms with Crippen LogP contribution in [-0.2, 0) is 11.2 Å². The average Bonchev–Trinajstić information content (AvgIpc) is 3.15. The summed E-state index contributed by atoms with van der Waals surface area (Å²) in [6.45, 7) is 2.16. The zero-order chi connectivity index (χ0) is 21.7. The molecular weight excluding hydrogens is 425 g/mol. The van der Waals surface area contributed by atoms with Crippen molar-refractivity contribution in [3.05, 3.63) is 63.9 Å². The van der Waals surface area contributed by atoms with E-state index in [1.54, 1.807) is 36.5 Å². The van der Waals surface area contributed by atoms with Crippen molar-refractivity contribution in [2.24, 2.45) is 5.73 Å². The van der Waals surface area contributed by atoms with Crippen LogP contribution in [0.15, 0.2) is 42.7 Å². The maximum absolute atomic E-state index is 13.0. The number of rotatable bonds is 7. The van der Waals surface area contributed by atoms with E-state index in [9.17, 15) is 9.59 Å². The highest BCUT2D eigenvalue weighted by Crippen LogP contribution is 2.26. The number of hydrogen-bond acceptors (Lipinski definition) is 4. The molecule has 3 rings (SSSR count). The number of carbonyl (C=O) groups is 2. The van der Waals surface area contributed by atoms with Gasteiger partial charge in [-0.3, -0.25) is 14.7 Å². The Hall–Kier alpha value is -2.35. The molecule has 0 radical (unpaired) electrons. The molecule has 9 heteroatoms. The van der Waals surface area contributed by atoms with Crippen LogP contribution < -0.4 is 11.1 Å². The van der Waals surface area contributed by atoms with Crippen molar-refractivity contribution in [2.45, 2.75) is 24.9 Å². The highest BCUT2D eigenvalue weighted by Gasteiger charge is 2.29. The van der Waals surface area contributed by atoms with Gasteiger partial charge >= 0.3 is 6.03 Å². The first-order chi connectivity index (χ1) is 14.3. The van der Waals surface area contributed by atoms with Gasteiger partial charge in [0.05, 0.1) is 22.5 Å². The van der Waals surface area contributed by atoms with Gasteiger partial charge in [0.25, 0.3) is 0 Å². The number of likely N-dealkylation sites (N-methyl/N-ethyl adjacent to an activating group) is 1. The molecule has 0 saturated carbocycles. The zero-order valence-electron chi connectivity index (χ0n) is 16.7. The van der Waals surface area contributed by atoms with Gasteiger partial charge in [-0.25, -0.2) is 4.79 Å². The fourth-order valence-electron chi connectivity index (χ4n) is 3.72. The van der Waals surface area contributed by atoms with Crippen LogP contribution in [0.1, 0.15) is 23.6 Å². The van der Waals surface area contributed by atoms with Gasteiger partial charge in [-0.15, -0.1) is 0 Å². The molecule has 2 heterocycles. The van der Waals surface area contributed by atoms with Gasteiger partial charge < -0.3 is 16.0 Å². The van der Waals surface area contributed by atoms with Crippen LogP contribution >= 0.6 is 23.2 Å². The predicted molar refractivity (Wildman–Crippen MR) is 117 cm³/mol. The number of amides is 3. The standard InChI is InChI=1S/C21H25Cl2N5O2/c1-27(20(29)11-14-2-3-17(22)18(23)10-14)19(15-4-7-25-8-5-15)13-28-9-6-16(12-28)26-21(24)30/h2-5,7-8,10,16,19H,6,9,11-13H2,1H3,(H3,24,26,30). The van der Waals surface area contributed by atoms with E-state index in [0.29, 0.717) is 23.1 Å². The van der Waals surface area contributed by atoms with E-state index < -0.39 is 6.03 Å². The maximum atomic E-state index is 13.0. The van der Waals surface area contributed by atoms with E-state index in [1.165, 1.54) is 0 Å². The van der Waals surface area contributed by atoms with Crippen LogP contribution in [0.25, 0.3) is 0 Å². The molecule has 0 bridgehead atoms. The first-order valence-corrected chi connectivity index (χ1v) is 10.5. The third kappa shape index (κ3) is 5.84. The molecule has 2 unspecified atom stereocenters. The number of nitrogens with two attached hydrogens (primary N) is 1. The molecule has 2 aromatic rings. The van der Waals surface area contributed by atoms with Crippen molar-refractivity contribution in [1.29, 1.82) is 0 Å². The molecule has 0 aliphatic carbocycles. The Bertz CT molecular complexity index is 896. The van der Waals surface area contributed by atoms with Crippen LogP contribution in [0.2, 0.25) is 10.0 Å². The number of halogens is 2. The molecule has 1 aromatic heterocycles. The minimum Gasteiger partial charge on any atom is -0.352 e. The molecule has 3 N–H and O–H groups in total.